The maximum absolute atomic E-state index is 12.9. The van der Waals surface area contributed by atoms with E-state index in [4.69, 9.17) is 4.74 Å². The Morgan fingerprint density at radius 1 is 1.26 bits per heavy atom. The van der Waals surface area contributed by atoms with E-state index in [2.05, 4.69) is 0 Å². The van der Waals surface area contributed by atoms with Crippen LogP contribution in [-0.4, -0.2) is 64.5 Å². The van der Waals surface area contributed by atoms with Crippen LogP contribution in [0.15, 0.2) is 24.3 Å². The molecule has 0 radical (unpaired) electrons. The Balaban J connectivity index is 1.61. The number of urea groups is 1. The van der Waals surface area contributed by atoms with Gasteiger partial charge >= 0.3 is 6.03 Å². The Hall–Kier alpha value is -2.41. The van der Waals surface area contributed by atoms with Crippen molar-refractivity contribution in [1.82, 2.24) is 9.80 Å². The highest BCUT2D eigenvalue weighted by molar-refractivity contribution is 6.07. The molecule has 7 heteroatoms. The van der Waals surface area contributed by atoms with Crippen LogP contribution in [0.25, 0.3) is 0 Å². The first kappa shape index (κ1) is 19.4. The molecule has 2 aliphatic rings. The zero-order valence-electron chi connectivity index (χ0n) is 15.8. The summed E-state index contributed by atoms with van der Waals surface area (Å²) in [4.78, 5) is 39.6. The van der Waals surface area contributed by atoms with Gasteiger partial charge in [-0.15, -0.1) is 0 Å². The maximum Gasteiger partial charge on any atom is 0.327 e. The summed E-state index contributed by atoms with van der Waals surface area (Å²) in [5, 5.41) is 10.3. The number of carbonyl (C=O) groups is 3. The van der Waals surface area contributed by atoms with Crippen molar-refractivity contribution < 1.29 is 24.2 Å². The smallest absolute Gasteiger partial charge is 0.327 e. The number of ketones is 1. The van der Waals surface area contributed by atoms with Crippen LogP contribution in [-0.2, 0) is 4.79 Å². The molecule has 1 aliphatic heterocycles. The third-order valence-electron chi connectivity index (χ3n) is 5.56. The van der Waals surface area contributed by atoms with E-state index in [0.29, 0.717) is 24.2 Å². The average molecular weight is 374 g/mol. The molecule has 3 rings (SSSR count). The zero-order valence-corrected chi connectivity index (χ0v) is 15.8. The van der Waals surface area contributed by atoms with Crippen molar-refractivity contribution in [3.8, 4) is 5.75 Å². The van der Waals surface area contributed by atoms with Crippen molar-refractivity contribution in [2.75, 3.05) is 20.2 Å². The molecular formula is C20H26N2O5. The van der Waals surface area contributed by atoms with Gasteiger partial charge in [0.15, 0.2) is 5.78 Å². The zero-order chi connectivity index (χ0) is 19.6. The van der Waals surface area contributed by atoms with Crippen LogP contribution in [0.4, 0.5) is 4.79 Å². The second-order valence-corrected chi connectivity index (χ2v) is 7.40. The van der Waals surface area contributed by atoms with Gasteiger partial charge in [-0.2, -0.15) is 0 Å². The lowest BCUT2D eigenvalue weighted by Crippen LogP contribution is -2.49. The van der Waals surface area contributed by atoms with E-state index in [0.717, 1.165) is 24.2 Å². The molecule has 0 unspecified atom stereocenters. The molecule has 1 atom stereocenters. The molecule has 1 heterocycles. The number of aliphatic hydroxyl groups is 1. The Labute approximate surface area is 158 Å². The van der Waals surface area contributed by atoms with Gasteiger partial charge in [-0.25, -0.2) is 4.79 Å². The molecule has 146 valence electrons. The summed E-state index contributed by atoms with van der Waals surface area (Å²) in [5.74, 6) is 0.170. The van der Waals surface area contributed by atoms with Crippen LogP contribution in [0.3, 0.4) is 0 Å². The van der Waals surface area contributed by atoms with Crippen molar-refractivity contribution in [3.63, 3.8) is 0 Å². The predicted molar refractivity (Wildman–Crippen MR) is 98.6 cm³/mol. The average Bonchev–Trinajstić information content (AvgIpc) is 2.83. The van der Waals surface area contributed by atoms with Crippen molar-refractivity contribution in [3.05, 3.63) is 29.8 Å². The molecule has 0 bridgehead atoms. The Kier molecular flexibility index (Phi) is 5.51. The van der Waals surface area contributed by atoms with Gasteiger partial charge in [0.2, 0.25) is 0 Å². The number of imide groups is 1. The number of hydrogen-bond acceptors (Lipinski definition) is 5. The number of carbonyl (C=O) groups excluding carboxylic acids is 3. The number of aliphatic hydroxyl groups excluding tert-OH is 1. The highest BCUT2D eigenvalue weighted by Crippen LogP contribution is 2.39. The summed E-state index contributed by atoms with van der Waals surface area (Å²) in [6.45, 7) is 1.29. The molecule has 2 fully saturated rings. The SMILES string of the molecule is CC(=O)c1cccc(OC[C@@H](O)CN2C(=O)N(C)C3(CCCCC3)C2=O)c1. The van der Waals surface area contributed by atoms with Gasteiger partial charge in [-0.3, -0.25) is 14.5 Å². The molecule has 1 aromatic carbocycles. The minimum atomic E-state index is -1.01. The van der Waals surface area contributed by atoms with Crippen LogP contribution in [0.5, 0.6) is 5.75 Å². The number of β-amino-alcohol motifs (C(OH)–C–C–N with tert-alkyl or cyclic N) is 1. The molecule has 1 spiro atoms. The molecule has 3 amide bonds. The third-order valence-corrected chi connectivity index (χ3v) is 5.56. The van der Waals surface area contributed by atoms with Crippen LogP contribution in [0.1, 0.15) is 49.4 Å². The lowest BCUT2D eigenvalue weighted by Gasteiger charge is -2.35. The predicted octanol–water partition coefficient (Wildman–Crippen LogP) is 2.23. The quantitative estimate of drug-likeness (QED) is 0.609. The van der Waals surface area contributed by atoms with E-state index < -0.39 is 11.6 Å². The molecule has 1 aliphatic carbocycles. The fraction of sp³-hybridized carbons (Fsp3) is 0.550. The first-order valence-corrected chi connectivity index (χ1v) is 9.37. The van der Waals surface area contributed by atoms with Gasteiger partial charge in [-0.1, -0.05) is 31.4 Å². The van der Waals surface area contributed by atoms with Gasteiger partial charge in [0.05, 0.1) is 6.54 Å². The number of benzene rings is 1. The van der Waals surface area contributed by atoms with E-state index in [1.807, 2.05) is 0 Å². The van der Waals surface area contributed by atoms with Gasteiger partial charge < -0.3 is 14.7 Å². The molecule has 0 aromatic heterocycles. The summed E-state index contributed by atoms with van der Waals surface area (Å²) in [7, 11) is 1.67. The Bertz CT molecular complexity index is 742. The maximum atomic E-state index is 12.9. The normalized spacial score (nSPS) is 20.3. The van der Waals surface area contributed by atoms with Crippen molar-refractivity contribution in [1.29, 1.82) is 0 Å². The number of ether oxygens (including phenoxy) is 1. The Morgan fingerprint density at radius 3 is 2.63 bits per heavy atom. The fourth-order valence-corrected chi connectivity index (χ4v) is 3.95. The first-order valence-electron chi connectivity index (χ1n) is 9.37. The number of Topliss-reactive ketones (excluding diaryl/α,β-unsaturated/α-hetero) is 1. The fourth-order valence-electron chi connectivity index (χ4n) is 3.95. The third kappa shape index (κ3) is 3.69. The van der Waals surface area contributed by atoms with Gasteiger partial charge in [0, 0.05) is 12.6 Å². The number of rotatable bonds is 6. The second-order valence-electron chi connectivity index (χ2n) is 7.40. The van der Waals surface area contributed by atoms with Crippen LogP contribution in [0, 0.1) is 0 Å². The molecular weight excluding hydrogens is 348 g/mol. The molecule has 7 nitrogen and oxygen atoms in total. The summed E-state index contributed by atoms with van der Waals surface area (Å²) in [5.41, 5.74) is -0.223. The minimum absolute atomic E-state index is 0.0740. The number of nitrogens with zero attached hydrogens (tertiary/aromatic N) is 2. The molecule has 1 N–H and O–H groups in total. The van der Waals surface area contributed by atoms with E-state index in [1.165, 1.54) is 6.92 Å². The highest BCUT2D eigenvalue weighted by Gasteiger charge is 2.55. The van der Waals surface area contributed by atoms with E-state index >= 15 is 0 Å². The van der Waals surface area contributed by atoms with Crippen LogP contribution < -0.4 is 4.74 Å². The lowest BCUT2D eigenvalue weighted by atomic mass is 9.81. The van der Waals surface area contributed by atoms with Crippen LogP contribution >= 0.6 is 0 Å². The molecule has 1 saturated heterocycles. The lowest BCUT2D eigenvalue weighted by molar-refractivity contribution is -0.135. The number of hydrogen-bond donors (Lipinski definition) is 1. The topological polar surface area (TPSA) is 87.2 Å². The van der Waals surface area contributed by atoms with Gasteiger partial charge in [0.1, 0.15) is 24.0 Å². The van der Waals surface area contributed by atoms with Crippen molar-refractivity contribution in [2.45, 2.75) is 50.7 Å². The summed E-state index contributed by atoms with van der Waals surface area (Å²) >= 11 is 0. The molecule has 27 heavy (non-hydrogen) atoms. The van der Waals surface area contributed by atoms with E-state index in [9.17, 15) is 19.5 Å². The van der Waals surface area contributed by atoms with E-state index in [1.54, 1.807) is 36.2 Å². The standard InChI is InChI=1S/C20H26N2O5/c1-14(23)15-7-6-8-17(11-15)27-13-16(24)12-22-18(25)20(21(2)19(22)26)9-4-3-5-10-20/h6-8,11,16,24H,3-5,9-10,12-13H2,1-2H3/t16-/m0/s1. The molecule has 1 aromatic rings. The van der Waals surface area contributed by atoms with E-state index in [-0.39, 0.29) is 30.9 Å². The summed E-state index contributed by atoms with van der Waals surface area (Å²) in [6, 6.07) is 6.32. The number of likely N-dealkylation sites (N-methyl/N-ethyl adjacent to an activating group) is 1. The molecule has 1 saturated carbocycles. The number of amides is 3. The minimum Gasteiger partial charge on any atom is -0.491 e. The Morgan fingerprint density at radius 2 is 1.96 bits per heavy atom. The summed E-state index contributed by atoms with van der Waals surface area (Å²) in [6.07, 6.45) is 3.27. The second kappa shape index (κ2) is 7.68. The van der Waals surface area contributed by atoms with Gasteiger partial charge in [-0.05, 0) is 31.9 Å². The largest absolute Gasteiger partial charge is 0.491 e. The van der Waals surface area contributed by atoms with Crippen molar-refractivity contribution >= 4 is 17.7 Å². The monoisotopic (exact) mass is 374 g/mol. The first-order chi connectivity index (χ1) is 12.8. The highest BCUT2D eigenvalue weighted by atomic mass is 16.5. The summed E-state index contributed by atoms with van der Waals surface area (Å²) < 4.78 is 5.54. The van der Waals surface area contributed by atoms with Crippen LogP contribution in [0.2, 0.25) is 0 Å². The van der Waals surface area contributed by atoms with Gasteiger partial charge in [0.25, 0.3) is 5.91 Å². The van der Waals surface area contributed by atoms with Crippen molar-refractivity contribution in [2.24, 2.45) is 0 Å².